The Labute approximate surface area is 141 Å². The number of hydrogen-bond acceptors (Lipinski definition) is 5. The monoisotopic (exact) mass is 329 g/mol. The van der Waals surface area contributed by atoms with E-state index in [1.165, 1.54) is 0 Å². The first kappa shape index (κ1) is 16.6. The Balaban J connectivity index is 1.83. The molecule has 0 radical (unpaired) electrons. The maximum atomic E-state index is 12.8. The first-order valence-corrected chi connectivity index (χ1v) is 8.04. The zero-order valence-electron chi connectivity index (χ0n) is 14.7. The van der Waals surface area contributed by atoms with Gasteiger partial charge in [-0.05, 0) is 32.4 Å². The van der Waals surface area contributed by atoms with Crippen molar-refractivity contribution in [3.63, 3.8) is 0 Å². The molecule has 1 heterocycles. The summed E-state index contributed by atoms with van der Waals surface area (Å²) in [4.78, 5) is 17.0. The molecule has 1 saturated carbocycles. The van der Waals surface area contributed by atoms with Gasteiger partial charge in [-0.25, -0.2) is 0 Å². The van der Waals surface area contributed by atoms with E-state index in [-0.39, 0.29) is 23.0 Å². The largest absolute Gasteiger partial charge is 0.378 e. The van der Waals surface area contributed by atoms with Crippen molar-refractivity contribution in [2.45, 2.75) is 45.8 Å². The third-order valence-corrected chi connectivity index (χ3v) is 5.51. The predicted molar refractivity (Wildman–Crippen MR) is 89.5 cm³/mol. The molecule has 2 atom stereocenters. The van der Waals surface area contributed by atoms with Gasteiger partial charge in [0.05, 0.1) is 16.7 Å². The molecule has 24 heavy (non-hydrogen) atoms. The molecule has 0 bridgehead atoms. The third-order valence-electron chi connectivity index (χ3n) is 5.51. The van der Waals surface area contributed by atoms with Gasteiger partial charge in [0.15, 0.2) is 5.82 Å². The van der Waals surface area contributed by atoms with Gasteiger partial charge in [-0.1, -0.05) is 31.1 Å². The van der Waals surface area contributed by atoms with Crippen LogP contribution in [0.2, 0.25) is 0 Å². The molecule has 1 fully saturated rings. The summed E-state index contributed by atoms with van der Waals surface area (Å²) in [5.41, 5.74) is 0.798. The van der Waals surface area contributed by atoms with Crippen molar-refractivity contribution >= 4 is 5.91 Å². The van der Waals surface area contributed by atoms with Crippen LogP contribution in [0, 0.1) is 12.3 Å². The molecule has 128 valence electrons. The SMILES string of the molecule is CO[C@]1(C)C[C@@H](NC(=O)c2ccccc2-c2nc(C)no2)C1(C)C. The zero-order valence-corrected chi connectivity index (χ0v) is 14.7. The molecule has 0 aliphatic heterocycles. The summed E-state index contributed by atoms with van der Waals surface area (Å²) in [5.74, 6) is 0.752. The molecular formula is C18H23N3O3. The molecule has 1 aliphatic rings. The number of carbonyl (C=O) groups excluding carboxylic acids is 1. The summed E-state index contributed by atoms with van der Waals surface area (Å²) in [6, 6.07) is 7.30. The maximum Gasteiger partial charge on any atom is 0.258 e. The first-order chi connectivity index (χ1) is 11.3. The highest BCUT2D eigenvalue weighted by Crippen LogP contribution is 2.51. The number of benzene rings is 1. The fraction of sp³-hybridized carbons (Fsp3) is 0.500. The molecule has 1 amide bonds. The Kier molecular flexibility index (Phi) is 3.95. The Hall–Kier alpha value is -2.21. The molecule has 6 nitrogen and oxygen atoms in total. The Bertz CT molecular complexity index is 768. The first-order valence-electron chi connectivity index (χ1n) is 8.04. The van der Waals surface area contributed by atoms with E-state index >= 15 is 0 Å². The smallest absolute Gasteiger partial charge is 0.258 e. The van der Waals surface area contributed by atoms with Crippen molar-refractivity contribution in [3.8, 4) is 11.5 Å². The van der Waals surface area contributed by atoms with Gasteiger partial charge in [0.1, 0.15) is 0 Å². The van der Waals surface area contributed by atoms with E-state index in [9.17, 15) is 4.79 Å². The molecule has 0 saturated heterocycles. The van der Waals surface area contributed by atoms with Gasteiger partial charge in [-0.3, -0.25) is 4.79 Å². The van der Waals surface area contributed by atoms with Gasteiger partial charge >= 0.3 is 0 Å². The van der Waals surface area contributed by atoms with Gasteiger partial charge in [0.2, 0.25) is 0 Å². The summed E-state index contributed by atoms with van der Waals surface area (Å²) < 4.78 is 10.8. The molecule has 0 spiro atoms. The number of hydrogen-bond donors (Lipinski definition) is 1. The van der Waals surface area contributed by atoms with E-state index in [0.29, 0.717) is 22.8 Å². The number of carbonyl (C=O) groups is 1. The minimum Gasteiger partial charge on any atom is -0.378 e. The maximum absolute atomic E-state index is 12.8. The molecule has 6 heteroatoms. The number of nitrogens with one attached hydrogen (secondary N) is 1. The Morgan fingerprint density at radius 2 is 2.04 bits per heavy atom. The fourth-order valence-corrected chi connectivity index (χ4v) is 3.23. The van der Waals surface area contributed by atoms with E-state index < -0.39 is 0 Å². The van der Waals surface area contributed by atoms with Crippen LogP contribution in [0.4, 0.5) is 0 Å². The Morgan fingerprint density at radius 3 is 2.62 bits per heavy atom. The molecule has 2 aromatic rings. The van der Waals surface area contributed by atoms with Crippen LogP contribution in [0.3, 0.4) is 0 Å². The van der Waals surface area contributed by atoms with Crippen molar-refractivity contribution in [2.24, 2.45) is 5.41 Å². The van der Waals surface area contributed by atoms with E-state index in [1.54, 1.807) is 20.1 Å². The van der Waals surface area contributed by atoms with Gasteiger partial charge in [0, 0.05) is 18.6 Å². The van der Waals surface area contributed by atoms with Crippen molar-refractivity contribution < 1.29 is 14.1 Å². The summed E-state index contributed by atoms with van der Waals surface area (Å²) in [6.45, 7) is 8.04. The number of methoxy groups -OCH3 is 1. The standard InChI is InChI=1S/C18H23N3O3/c1-11-19-16(24-21-11)13-9-7-6-8-12(13)15(22)20-14-10-18(4,23-5)17(14,2)3/h6-9,14H,10H2,1-5H3,(H,20,22)/t14-,18-/m1/s1. The lowest BCUT2D eigenvalue weighted by Gasteiger charge is -2.59. The lowest BCUT2D eigenvalue weighted by molar-refractivity contribution is -0.177. The topological polar surface area (TPSA) is 77.2 Å². The van der Waals surface area contributed by atoms with E-state index in [4.69, 9.17) is 9.26 Å². The highest BCUT2D eigenvalue weighted by Gasteiger charge is 2.58. The average Bonchev–Trinajstić information content (AvgIpc) is 3.00. The zero-order chi connectivity index (χ0) is 17.5. The van der Waals surface area contributed by atoms with Crippen molar-refractivity contribution in [2.75, 3.05) is 7.11 Å². The van der Waals surface area contributed by atoms with Crippen LogP contribution < -0.4 is 5.32 Å². The second-order valence-electron chi connectivity index (χ2n) is 7.08. The Morgan fingerprint density at radius 1 is 1.33 bits per heavy atom. The minimum absolute atomic E-state index is 0.0485. The molecule has 1 aromatic heterocycles. The molecule has 3 rings (SSSR count). The summed E-state index contributed by atoms with van der Waals surface area (Å²) in [6.07, 6.45) is 0.782. The van der Waals surface area contributed by atoms with Gasteiger partial charge in [0.25, 0.3) is 11.8 Å². The van der Waals surface area contributed by atoms with Crippen LogP contribution >= 0.6 is 0 Å². The second kappa shape index (κ2) is 5.70. The second-order valence-corrected chi connectivity index (χ2v) is 7.08. The van der Waals surface area contributed by atoms with E-state index in [0.717, 1.165) is 6.42 Å². The third kappa shape index (κ3) is 2.51. The summed E-state index contributed by atoms with van der Waals surface area (Å²) in [5, 5.41) is 6.92. The molecule has 0 unspecified atom stereocenters. The lowest BCUT2D eigenvalue weighted by atomic mass is 9.56. The number of rotatable bonds is 4. The van der Waals surface area contributed by atoms with Crippen LogP contribution in [-0.4, -0.2) is 34.8 Å². The van der Waals surface area contributed by atoms with Gasteiger partial charge in [-0.15, -0.1) is 0 Å². The van der Waals surface area contributed by atoms with Crippen molar-refractivity contribution in [1.29, 1.82) is 0 Å². The van der Waals surface area contributed by atoms with Gasteiger partial charge in [-0.2, -0.15) is 4.98 Å². The average molecular weight is 329 g/mol. The molecule has 1 aliphatic carbocycles. The highest BCUT2D eigenvalue weighted by atomic mass is 16.5. The molecular weight excluding hydrogens is 306 g/mol. The van der Waals surface area contributed by atoms with Crippen LogP contribution in [0.15, 0.2) is 28.8 Å². The normalized spacial score (nSPS) is 25.1. The van der Waals surface area contributed by atoms with Crippen LogP contribution in [-0.2, 0) is 4.74 Å². The highest BCUT2D eigenvalue weighted by molar-refractivity contribution is 6.00. The fourth-order valence-electron chi connectivity index (χ4n) is 3.23. The number of aromatic nitrogens is 2. The van der Waals surface area contributed by atoms with E-state index in [2.05, 4.69) is 36.2 Å². The number of ether oxygens (including phenoxy) is 1. The van der Waals surface area contributed by atoms with Crippen LogP contribution in [0.5, 0.6) is 0 Å². The number of amides is 1. The molecule has 1 N–H and O–H groups in total. The van der Waals surface area contributed by atoms with Gasteiger partial charge < -0.3 is 14.6 Å². The summed E-state index contributed by atoms with van der Waals surface area (Å²) in [7, 11) is 1.72. The summed E-state index contributed by atoms with van der Waals surface area (Å²) >= 11 is 0. The van der Waals surface area contributed by atoms with Crippen molar-refractivity contribution in [1.82, 2.24) is 15.5 Å². The number of nitrogens with zero attached hydrogens (tertiary/aromatic N) is 2. The lowest BCUT2D eigenvalue weighted by Crippen LogP contribution is -2.68. The van der Waals surface area contributed by atoms with E-state index in [1.807, 2.05) is 18.2 Å². The number of aryl methyl sites for hydroxylation is 1. The predicted octanol–water partition coefficient (Wildman–Crippen LogP) is 2.98. The van der Waals surface area contributed by atoms with Crippen LogP contribution in [0.25, 0.3) is 11.5 Å². The minimum atomic E-state index is -0.228. The quantitative estimate of drug-likeness (QED) is 0.933. The van der Waals surface area contributed by atoms with Crippen molar-refractivity contribution in [3.05, 3.63) is 35.7 Å². The molecule has 1 aromatic carbocycles. The van der Waals surface area contributed by atoms with Crippen LogP contribution in [0.1, 0.15) is 43.4 Å².